The van der Waals surface area contributed by atoms with E-state index in [-0.39, 0.29) is 37.5 Å². The highest BCUT2D eigenvalue weighted by atomic mass is 35.5. The Labute approximate surface area is 166 Å². The fourth-order valence-electron chi connectivity index (χ4n) is 2.96. The zero-order valence-corrected chi connectivity index (χ0v) is 16.7. The van der Waals surface area contributed by atoms with Gasteiger partial charge in [0.2, 0.25) is 11.8 Å². The molecule has 0 unspecified atom stereocenters. The average molecular weight is 406 g/mol. The molecule has 1 aliphatic rings. The number of nitrogens with zero attached hydrogens (tertiary/aromatic N) is 3. The molecule has 0 N–H and O–H groups in total. The summed E-state index contributed by atoms with van der Waals surface area (Å²) >= 11 is 7.49. The van der Waals surface area contributed by atoms with Gasteiger partial charge < -0.3 is 9.80 Å². The molecule has 3 amide bonds. The molecule has 6 nitrogen and oxygen atoms in total. The van der Waals surface area contributed by atoms with Gasteiger partial charge in [0, 0.05) is 17.3 Å². The van der Waals surface area contributed by atoms with Crippen molar-refractivity contribution in [2.75, 3.05) is 31.2 Å². The summed E-state index contributed by atoms with van der Waals surface area (Å²) in [6.45, 7) is 4.19. The van der Waals surface area contributed by atoms with E-state index in [0.717, 1.165) is 5.56 Å². The maximum Gasteiger partial charge on any atom is 0.264 e. The molecule has 0 radical (unpaired) electrons. The van der Waals surface area contributed by atoms with E-state index in [4.69, 9.17) is 11.6 Å². The fraction of sp³-hybridized carbons (Fsp3) is 0.316. The number of hydrogen-bond acceptors (Lipinski definition) is 4. The molecule has 3 rings (SSSR count). The van der Waals surface area contributed by atoms with Crippen molar-refractivity contribution in [3.63, 3.8) is 0 Å². The number of carbonyl (C=O) groups is 3. The quantitative estimate of drug-likeness (QED) is 0.768. The number of likely N-dealkylation sites (N-methyl/N-ethyl adjacent to an activating group) is 1. The Morgan fingerprint density at radius 2 is 2.04 bits per heavy atom. The van der Waals surface area contributed by atoms with Crippen LogP contribution in [0.25, 0.3) is 0 Å². The Balaban J connectivity index is 1.70. The van der Waals surface area contributed by atoms with E-state index in [9.17, 15) is 14.4 Å². The lowest BCUT2D eigenvalue weighted by Gasteiger charge is -2.24. The molecule has 0 atom stereocenters. The van der Waals surface area contributed by atoms with Crippen LogP contribution in [0, 0.1) is 6.92 Å². The topological polar surface area (TPSA) is 60.9 Å². The van der Waals surface area contributed by atoms with Gasteiger partial charge in [-0.15, -0.1) is 11.3 Å². The monoisotopic (exact) mass is 405 g/mol. The molecule has 8 heteroatoms. The van der Waals surface area contributed by atoms with Crippen LogP contribution in [0.3, 0.4) is 0 Å². The zero-order chi connectivity index (χ0) is 19.6. The van der Waals surface area contributed by atoms with E-state index in [1.54, 1.807) is 29.2 Å². The molecule has 0 aliphatic carbocycles. The van der Waals surface area contributed by atoms with Gasteiger partial charge in [0.25, 0.3) is 5.91 Å². The van der Waals surface area contributed by atoms with Gasteiger partial charge in [0.15, 0.2) is 0 Å². The van der Waals surface area contributed by atoms with Gasteiger partial charge in [-0.05, 0) is 43.0 Å². The van der Waals surface area contributed by atoms with E-state index in [1.807, 2.05) is 25.3 Å². The second-order valence-electron chi connectivity index (χ2n) is 6.24. The van der Waals surface area contributed by atoms with Gasteiger partial charge >= 0.3 is 0 Å². The first-order valence-corrected chi connectivity index (χ1v) is 9.84. The maximum absolute atomic E-state index is 12.7. The molecule has 1 aromatic heterocycles. The molecule has 1 aromatic carbocycles. The first kappa shape index (κ1) is 19.4. The van der Waals surface area contributed by atoms with Crippen LogP contribution in [0.15, 0.2) is 35.7 Å². The van der Waals surface area contributed by atoms with Crippen LogP contribution in [0.1, 0.15) is 22.2 Å². The van der Waals surface area contributed by atoms with E-state index in [0.29, 0.717) is 22.1 Å². The number of anilines is 1. The summed E-state index contributed by atoms with van der Waals surface area (Å²) in [4.78, 5) is 42.7. The van der Waals surface area contributed by atoms with Crippen molar-refractivity contribution in [1.82, 2.24) is 9.80 Å². The summed E-state index contributed by atoms with van der Waals surface area (Å²) in [5, 5.41) is 2.40. The Hall–Kier alpha value is -2.38. The molecule has 142 valence electrons. The Morgan fingerprint density at radius 3 is 2.70 bits per heavy atom. The van der Waals surface area contributed by atoms with E-state index in [1.165, 1.54) is 21.1 Å². The Kier molecular flexibility index (Phi) is 5.82. The Bertz CT molecular complexity index is 869. The minimum absolute atomic E-state index is 0.00443. The molecule has 1 saturated heterocycles. The summed E-state index contributed by atoms with van der Waals surface area (Å²) in [6.07, 6.45) is 0. The molecule has 1 fully saturated rings. The highest BCUT2D eigenvalue weighted by Crippen LogP contribution is 2.28. The number of carbonyl (C=O) groups excluding carboxylic acids is 3. The van der Waals surface area contributed by atoms with Crippen molar-refractivity contribution in [3.05, 3.63) is 51.2 Å². The third kappa shape index (κ3) is 3.99. The minimum atomic E-state index is -0.253. The van der Waals surface area contributed by atoms with Crippen molar-refractivity contribution in [2.24, 2.45) is 0 Å². The molecular formula is C19H20ClN3O3S. The third-order valence-corrected chi connectivity index (χ3v) is 5.82. The van der Waals surface area contributed by atoms with Crippen LogP contribution in [-0.2, 0) is 9.59 Å². The largest absolute Gasteiger partial charge is 0.329 e. The number of rotatable bonds is 5. The Morgan fingerprint density at radius 1 is 1.26 bits per heavy atom. The molecular weight excluding hydrogens is 386 g/mol. The van der Waals surface area contributed by atoms with Crippen LogP contribution in [0.5, 0.6) is 0 Å². The van der Waals surface area contributed by atoms with E-state index >= 15 is 0 Å². The normalized spacial score (nSPS) is 14.0. The SMILES string of the molecule is CCN(CC(=O)N1CC(=O)N(c2cccc(Cl)c2C)C1)C(=O)c1cccs1. The molecule has 2 aromatic rings. The van der Waals surface area contributed by atoms with Crippen LogP contribution in [-0.4, -0.2) is 53.8 Å². The van der Waals surface area contributed by atoms with Crippen LogP contribution < -0.4 is 4.90 Å². The van der Waals surface area contributed by atoms with Gasteiger partial charge in [-0.25, -0.2) is 0 Å². The lowest BCUT2D eigenvalue weighted by Crippen LogP contribution is -2.42. The number of amides is 3. The van der Waals surface area contributed by atoms with Gasteiger partial charge in [-0.1, -0.05) is 23.7 Å². The van der Waals surface area contributed by atoms with Gasteiger partial charge in [0.05, 0.1) is 4.88 Å². The summed E-state index contributed by atoms with van der Waals surface area (Å²) in [5.74, 6) is -0.590. The lowest BCUT2D eigenvalue weighted by molar-refractivity contribution is -0.132. The molecule has 27 heavy (non-hydrogen) atoms. The molecule has 2 heterocycles. The summed E-state index contributed by atoms with van der Waals surface area (Å²) in [7, 11) is 0. The molecule has 1 aliphatic heterocycles. The molecule has 0 saturated carbocycles. The maximum atomic E-state index is 12.7. The van der Waals surface area contributed by atoms with Crippen molar-refractivity contribution >= 4 is 46.3 Å². The lowest BCUT2D eigenvalue weighted by atomic mass is 10.2. The minimum Gasteiger partial charge on any atom is -0.329 e. The average Bonchev–Trinajstić information content (AvgIpc) is 3.31. The standard InChI is InChI=1S/C19H20ClN3O3S/c1-3-21(19(26)16-8-5-9-27-16)10-17(24)22-11-18(25)23(12-22)15-7-4-6-14(20)13(15)2/h4-9H,3,10-12H2,1-2H3. The fourth-order valence-corrected chi connectivity index (χ4v) is 3.82. The number of thiophene rings is 1. The van der Waals surface area contributed by atoms with E-state index in [2.05, 4.69) is 0 Å². The van der Waals surface area contributed by atoms with Crippen molar-refractivity contribution in [1.29, 1.82) is 0 Å². The first-order valence-electron chi connectivity index (χ1n) is 8.58. The van der Waals surface area contributed by atoms with E-state index < -0.39 is 0 Å². The predicted octanol–water partition coefficient (Wildman–Crippen LogP) is 3.00. The predicted molar refractivity (Wildman–Crippen MR) is 106 cm³/mol. The molecule has 0 spiro atoms. The summed E-state index contributed by atoms with van der Waals surface area (Å²) < 4.78 is 0. The van der Waals surface area contributed by atoms with Crippen LogP contribution in [0.4, 0.5) is 5.69 Å². The zero-order valence-electron chi connectivity index (χ0n) is 15.1. The van der Waals surface area contributed by atoms with Crippen molar-refractivity contribution in [2.45, 2.75) is 13.8 Å². The number of benzene rings is 1. The number of halogens is 1. The highest BCUT2D eigenvalue weighted by Gasteiger charge is 2.33. The third-order valence-electron chi connectivity index (χ3n) is 4.55. The first-order chi connectivity index (χ1) is 12.9. The summed E-state index contributed by atoms with van der Waals surface area (Å²) in [5.41, 5.74) is 1.50. The smallest absolute Gasteiger partial charge is 0.264 e. The second-order valence-corrected chi connectivity index (χ2v) is 7.59. The van der Waals surface area contributed by atoms with Crippen LogP contribution in [0.2, 0.25) is 5.02 Å². The van der Waals surface area contributed by atoms with Crippen molar-refractivity contribution in [3.8, 4) is 0 Å². The van der Waals surface area contributed by atoms with Crippen molar-refractivity contribution < 1.29 is 14.4 Å². The molecule has 0 bridgehead atoms. The second kappa shape index (κ2) is 8.10. The highest BCUT2D eigenvalue weighted by molar-refractivity contribution is 7.12. The van der Waals surface area contributed by atoms with Crippen LogP contribution >= 0.6 is 22.9 Å². The van der Waals surface area contributed by atoms with Gasteiger partial charge in [-0.2, -0.15) is 0 Å². The van der Waals surface area contributed by atoms with Gasteiger partial charge in [-0.3, -0.25) is 19.3 Å². The summed E-state index contributed by atoms with van der Waals surface area (Å²) in [6, 6.07) is 8.90. The van der Waals surface area contributed by atoms with Gasteiger partial charge in [0.1, 0.15) is 19.8 Å². The number of hydrogen-bond donors (Lipinski definition) is 0.